The largest absolute Gasteiger partial charge is 0.274 e. The van der Waals surface area contributed by atoms with Crippen LogP contribution >= 0.6 is 0 Å². The molecule has 160 valence electrons. The van der Waals surface area contributed by atoms with Gasteiger partial charge in [0.25, 0.3) is 0 Å². The maximum atomic E-state index is 4.60. The van der Waals surface area contributed by atoms with Crippen molar-refractivity contribution in [2.75, 3.05) is 0 Å². The first-order chi connectivity index (χ1) is 16.0. The molecular formula is C30H25N3. The minimum atomic E-state index is 0.0993. The fourth-order valence-electron chi connectivity index (χ4n) is 3.94. The topological polar surface area (TPSA) is 30.7 Å². The van der Waals surface area contributed by atoms with Crippen molar-refractivity contribution in [2.24, 2.45) is 0 Å². The lowest BCUT2D eigenvalue weighted by atomic mass is 9.86. The van der Waals surface area contributed by atoms with E-state index in [4.69, 9.17) is 0 Å². The van der Waals surface area contributed by atoms with Gasteiger partial charge in [0.1, 0.15) is 0 Å². The van der Waals surface area contributed by atoms with Crippen LogP contribution in [-0.2, 0) is 5.41 Å². The van der Waals surface area contributed by atoms with Crippen molar-refractivity contribution < 1.29 is 0 Å². The van der Waals surface area contributed by atoms with Crippen LogP contribution in [0.3, 0.4) is 0 Å². The first-order valence-electron chi connectivity index (χ1n) is 11.1. The summed E-state index contributed by atoms with van der Waals surface area (Å²) in [6.45, 7) is 6.66. The Morgan fingerprint density at radius 1 is 0.606 bits per heavy atom. The van der Waals surface area contributed by atoms with Crippen LogP contribution in [0.4, 0.5) is 0 Å². The van der Waals surface area contributed by atoms with Crippen LogP contribution in [0.2, 0.25) is 0 Å². The van der Waals surface area contributed by atoms with Crippen LogP contribution in [0.15, 0.2) is 97.1 Å². The zero-order chi connectivity index (χ0) is 22.8. The molecule has 0 spiro atoms. The minimum Gasteiger partial charge on any atom is -0.274 e. The summed E-state index contributed by atoms with van der Waals surface area (Å²) in [5.74, 6) is 1.60. The van der Waals surface area contributed by atoms with Gasteiger partial charge >= 0.3 is 0 Å². The highest BCUT2D eigenvalue weighted by molar-refractivity contribution is 5.71. The number of hydrogen-bond donors (Lipinski definition) is 0. The highest BCUT2D eigenvalue weighted by Crippen LogP contribution is 2.31. The molecule has 0 radical (unpaired) electrons. The Hall–Kier alpha value is -4.16. The molecule has 0 aliphatic carbocycles. The van der Waals surface area contributed by atoms with Crippen LogP contribution in [-0.4, -0.2) is 14.8 Å². The third-order valence-electron chi connectivity index (χ3n) is 5.82. The second-order valence-electron chi connectivity index (χ2n) is 9.14. The summed E-state index contributed by atoms with van der Waals surface area (Å²) in [7, 11) is 0. The fraction of sp³-hybridized carbons (Fsp3) is 0.133. The van der Waals surface area contributed by atoms with Gasteiger partial charge in [-0.2, -0.15) is 0 Å². The molecule has 5 aromatic rings. The minimum absolute atomic E-state index is 0.0993. The Morgan fingerprint density at radius 3 is 1.70 bits per heavy atom. The normalized spacial score (nSPS) is 11.2. The smallest absolute Gasteiger partial charge is 0.168 e. The van der Waals surface area contributed by atoms with Crippen LogP contribution in [0.25, 0.3) is 39.6 Å². The molecule has 0 bridgehead atoms. The Bertz CT molecular complexity index is 1340. The molecule has 3 nitrogen and oxygen atoms in total. The van der Waals surface area contributed by atoms with Crippen LogP contribution < -0.4 is 0 Å². The van der Waals surface area contributed by atoms with Crippen LogP contribution in [0.1, 0.15) is 26.3 Å². The van der Waals surface area contributed by atoms with Gasteiger partial charge in [0.05, 0.1) is 5.69 Å². The SMILES string of the molecule is CC(C)(C)c1ccc(-c2nnc(-c3ccc(-c4ccccc4)cc3)n2-c2cc#ccc2)cc1. The lowest BCUT2D eigenvalue weighted by Crippen LogP contribution is -2.10. The Morgan fingerprint density at radius 2 is 1.15 bits per heavy atom. The van der Waals surface area contributed by atoms with Crippen molar-refractivity contribution >= 4 is 0 Å². The van der Waals surface area contributed by atoms with E-state index in [1.807, 2.05) is 24.3 Å². The average molecular weight is 428 g/mol. The predicted octanol–water partition coefficient (Wildman–Crippen LogP) is 7.17. The van der Waals surface area contributed by atoms with E-state index in [0.29, 0.717) is 0 Å². The van der Waals surface area contributed by atoms with Gasteiger partial charge in [-0.15, -0.1) is 10.2 Å². The van der Waals surface area contributed by atoms with Gasteiger partial charge in [0.2, 0.25) is 0 Å². The summed E-state index contributed by atoms with van der Waals surface area (Å²) in [5, 5.41) is 9.20. The van der Waals surface area contributed by atoms with Gasteiger partial charge in [-0.3, -0.25) is 4.57 Å². The van der Waals surface area contributed by atoms with E-state index >= 15 is 0 Å². The van der Waals surface area contributed by atoms with Gasteiger partial charge in [0, 0.05) is 17.2 Å². The molecular weight excluding hydrogens is 402 g/mol. The van der Waals surface area contributed by atoms with Crippen molar-refractivity contribution in [3.63, 3.8) is 0 Å². The molecule has 0 fully saturated rings. The molecule has 1 aromatic heterocycles. The average Bonchev–Trinajstić information content (AvgIpc) is 3.30. The lowest BCUT2D eigenvalue weighted by Gasteiger charge is -2.19. The van der Waals surface area contributed by atoms with Crippen molar-refractivity contribution in [3.8, 4) is 39.6 Å². The number of aromatic nitrogens is 3. The van der Waals surface area contributed by atoms with Crippen LogP contribution in [0, 0.1) is 12.1 Å². The highest BCUT2D eigenvalue weighted by Gasteiger charge is 2.19. The molecule has 0 N–H and O–H groups in total. The molecule has 0 aliphatic rings. The van der Waals surface area contributed by atoms with Crippen molar-refractivity contribution in [1.29, 1.82) is 0 Å². The molecule has 0 amide bonds. The molecule has 0 unspecified atom stereocenters. The van der Waals surface area contributed by atoms with Gasteiger partial charge in [0.15, 0.2) is 11.6 Å². The molecule has 33 heavy (non-hydrogen) atoms. The lowest BCUT2D eigenvalue weighted by molar-refractivity contribution is 0.590. The predicted molar refractivity (Wildman–Crippen MR) is 134 cm³/mol. The standard InChI is InChI=1S/C30H25N3/c1-30(2,3)26-20-18-25(19-21-26)29-32-31-28(33(29)27-12-8-5-9-13-27)24-16-14-23(15-17-24)22-10-6-4-7-11-22/h4,6-8,10-21H,1-3H3. The van der Waals surface area contributed by atoms with E-state index in [-0.39, 0.29) is 5.41 Å². The summed E-state index contributed by atoms with van der Waals surface area (Å²) in [5.41, 5.74) is 6.74. The Labute approximate surface area is 195 Å². The first-order valence-corrected chi connectivity index (χ1v) is 11.1. The molecule has 5 rings (SSSR count). The maximum absolute atomic E-state index is 4.60. The number of nitrogens with zero attached hydrogens (tertiary/aromatic N) is 3. The number of benzene rings is 3. The molecule has 0 atom stereocenters. The Balaban J connectivity index is 1.60. The maximum Gasteiger partial charge on any atom is 0.168 e. The van der Waals surface area contributed by atoms with Crippen LogP contribution in [0.5, 0.6) is 0 Å². The molecule has 0 saturated carbocycles. The monoisotopic (exact) mass is 427 g/mol. The summed E-state index contributed by atoms with van der Waals surface area (Å²) < 4.78 is 2.09. The van der Waals surface area contributed by atoms with E-state index in [1.54, 1.807) is 0 Å². The first kappa shape index (κ1) is 20.7. The quantitative estimate of drug-likeness (QED) is 0.304. The Kier molecular flexibility index (Phi) is 5.28. The summed E-state index contributed by atoms with van der Waals surface area (Å²) in [4.78, 5) is 0. The van der Waals surface area contributed by atoms with E-state index in [9.17, 15) is 0 Å². The summed E-state index contributed by atoms with van der Waals surface area (Å²) >= 11 is 0. The number of hydrogen-bond acceptors (Lipinski definition) is 2. The summed E-state index contributed by atoms with van der Waals surface area (Å²) in [6, 6.07) is 39.3. The highest BCUT2D eigenvalue weighted by atomic mass is 15.3. The summed E-state index contributed by atoms with van der Waals surface area (Å²) in [6.07, 6.45) is 0. The molecule has 0 saturated heterocycles. The molecule has 1 heterocycles. The molecule has 3 heteroatoms. The molecule has 4 aromatic carbocycles. The zero-order valence-corrected chi connectivity index (χ0v) is 19.1. The van der Waals surface area contributed by atoms with E-state index < -0.39 is 0 Å². The van der Waals surface area contributed by atoms with Gasteiger partial charge in [-0.05, 0) is 34.2 Å². The molecule has 0 aliphatic heterocycles. The third kappa shape index (κ3) is 4.16. The van der Waals surface area contributed by atoms with E-state index in [0.717, 1.165) is 28.5 Å². The van der Waals surface area contributed by atoms with Gasteiger partial charge in [-0.25, -0.2) is 0 Å². The fourth-order valence-corrected chi connectivity index (χ4v) is 3.94. The van der Waals surface area contributed by atoms with Gasteiger partial charge < -0.3 is 0 Å². The van der Waals surface area contributed by atoms with Crippen molar-refractivity contribution in [2.45, 2.75) is 26.2 Å². The second kappa shape index (κ2) is 8.41. The zero-order valence-electron chi connectivity index (χ0n) is 19.1. The van der Waals surface area contributed by atoms with Gasteiger partial charge in [-0.1, -0.05) is 112 Å². The second-order valence-corrected chi connectivity index (χ2v) is 9.14. The van der Waals surface area contributed by atoms with Crippen molar-refractivity contribution in [3.05, 3.63) is 115 Å². The number of rotatable bonds is 4. The third-order valence-corrected chi connectivity index (χ3v) is 5.82. The van der Waals surface area contributed by atoms with E-state index in [2.05, 4.69) is 120 Å². The van der Waals surface area contributed by atoms with E-state index in [1.165, 1.54) is 16.7 Å². The van der Waals surface area contributed by atoms with Crippen molar-refractivity contribution in [1.82, 2.24) is 14.8 Å².